The molecule has 0 aliphatic rings. The van der Waals surface area contributed by atoms with Crippen LogP contribution in [-0.4, -0.2) is 16.1 Å². The Morgan fingerprint density at radius 2 is 1.79 bits per heavy atom. The van der Waals surface area contributed by atoms with Gasteiger partial charge >= 0.3 is 5.97 Å². The predicted molar refractivity (Wildman–Crippen MR) is 121 cm³/mol. The Balaban J connectivity index is 2.04. The van der Waals surface area contributed by atoms with Crippen LogP contribution in [0.3, 0.4) is 0 Å². The minimum atomic E-state index is -0.842. The van der Waals surface area contributed by atoms with Gasteiger partial charge in [0.05, 0.1) is 11.3 Å². The van der Waals surface area contributed by atoms with E-state index in [-0.39, 0.29) is 0 Å². The van der Waals surface area contributed by atoms with Gasteiger partial charge in [-0.3, -0.25) is 4.98 Å². The van der Waals surface area contributed by atoms with Gasteiger partial charge in [-0.25, -0.2) is 4.79 Å². The average Bonchev–Trinajstić information content (AvgIpc) is 2.73. The number of unbranched alkanes of at least 4 members (excludes halogenated alkanes) is 4. The van der Waals surface area contributed by atoms with E-state index in [1.54, 1.807) is 6.07 Å². The van der Waals surface area contributed by atoms with Crippen molar-refractivity contribution in [2.24, 2.45) is 5.92 Å². The lowest BCUT2D eigenvalue weighted by Gasteiger charge is -2.11. The lowest BCUT2D eigenvalue weighted by atomic mass is 9.95. The number of hydrogen-bond donors (Lipinski definition) is 1. The number of rotatable bonds is 13. The second-order valence-electron chi connectivity index (χ2n) is 8.30. The molecule has 0 spiro atoms. The maximum atomic E-state index is 11.6. The Hall–Kier alpha value is -2.16. The van der Waals surface area contributed by atoms with Crippen LogP contribution in [0.5, 0.6) is 0 Å². The van der Waals surface area contributed by atoms with E-state index >= 15 is 0 Å². The molecule has 2 aromatic rings. The highest BCUT2D eigenvalue weighted by molar-refractivity contribution is 5.90. The Morgan fingerprint density at radius 3 is 2.45 bits per heavy atom. The molecule has 2 rings (SSSR count). The van der Waals surface area contributed by atoms with Gasteiger partial charge in [0.25, 0.3) is 0 Å². The fourth-order valence-corrected chi connectivity index (χ4v) is 3.68. The number of hydrogen-bond acceptors (Lipinski definition) is 2. The number of aromatic carboxylic acids is 1. The molecule has 1 aromatic carbocycles. The summed E-state index contributed by atoms with van der Waals surface area (Å²) in [6.07, 6.45) is 13.4. The van der Waals surface area contributed by atoms with Gasteiger partial charge in [0, 0.05) is 11.8 Å². The predicted octanol–water partition coefficient (Wildman–Crippen LogP) is 7.33. The minimum absolute atomic E-state index is 0.423. The molecule has 0 aliphatic heterocycles. The van der Waals surface area contributed by atoms with E-state index in [1.807, 2.05) is 18.3 Å². The van der Waals surface area contributed by atoms with E-state index in [4.69, 9.17) is 0 Å². The molecule has 0 saturated carbocycles. The highest BCUT2D eigenvalue weighted by atomic mass is 16.4. The second-order valence-corrected chi connectivity index (χ2v) is 8.30. The number of aromatic nitrogens is 1. The number of pyridine rings is 1. The minimum Gasteiger partial charge on any atom is -0.478 e. The maximum Gasteiger partial charge on any atom is 0.335 e. The third kappa shape index (κ3) is 7.64. The van der Waals surface area contributed by atoms with E-state index in [9.17, 15) is 9.90 Å². The van der Waals surface area contributed by atoms with Crippen LogP contribution in [0.25, 0.3) is 11.3 Å². The standard InChI is InChI=1S/C26H37NO2/c1-4-6-8-12-21-14-17-25(27-19-21)23-15-16-24(26(28)29)22(18-23)13-10-7-9-11-20(3)5-2/h14-20H,4-13H2,1-3H3,(H,28,29)/t20-/m0/s1. The Bertz CT molecular complexity index is 752. The first-order chi connectivity index (χ1) is 14.0. The molecule has 0 aliphatic carbocycles. The lowest BCUT2D eigenvalue weighted by Crippen LogP contribution is -2.03. The van der Waals surface area contributed by atoms with Crippen molar-refractivity contribution in [3.05, 3.63) is 53.2 Å². The first kappa shape index (κ1) is 23.1. The van der Waals surface area contributed by atoms with Gasteiger partial charge in [-0.2, -0.15) is 0 Å². The molecule has 29 heavy (non-hydrogen) atoms. The number of nitrogens with zero attached hydrogens (tertiary/aromatic N) is 1. The van der Waals surface area contributed by atoms with Gasteiger partial charge in [-0.15, -0.1) is 0 Å². The molecule has 1 atom stereocenters. The van der Waals surface area contributed by atoms with Crippen molar-refractivity contribution >= 4 is 5.97 Å². The molecule has 3 heteroatoms. The van der Waals surface area contributed by atoms with E-state index in [0.29, 0.717) is 5.56 Å². The van der Waals surface area contributed by atoms with E-state index < -0.39 is 5.97 Å². The zero-order chi connectivity index (χ0) is 21.1. The summed E-state index contributed by atoms with van der Waals surface area (Å²) in [6.45, 7) is 6.75. The number of carbonyl (C=O) groups is 1. The van der Waals surface area contributed by atoms with Gasteiger partial charge in [0.15, 0.2) is 0 Å². The summed E-state index contributed by atoms with van der Waals surface area (Å²) in [5, 5.41) is 9.56. The van der Waals surface area contributed by atoms with Crippen molar-refractivity contribution in [2.45, 2.75) is 85.0 Å². The molecule has 0 radical (unpaired) electrons. The second kappa shape index (κ2) is 12.4. The number of aryl methyl sites for hydroxylation is 2. The molecule has 1 heterocycles. The van der Waals surface area contributed by atoms with E-state index in [2.05, 4.69) is 37.9 Å². The van der Waals surface area contributed by atoms with Crippen molar-refractivity contribution in [3.8, 4) is 11.3 Å². The fraction of sp³-hybridized carbons (Fsp3) is 0.538. The Morgan fingerprint density at radius 1 is 1.00 bits per heavy atom. The van der Waals surface area contributed by atoms with Crippen LogP contribution in [0, 0.1) is 5.92 Å². The number of carboxylic acid groups (broad SMARTS) is 1. The van der Waals surface area contributed by atoms with Crippen molar-refractivity contribution in [2.75, 3.05) is 0 Å². The van der Waals surface area contributed by atoms with Gasteiger partial charge in [0.2, 0.25) is 0 Å². The molecular formula is C26H37NO2. The van der Waals surface area contributed by atoms with Gasteiger partial charge in [-0.1, -0.05) is 71.4 Å². The molecule has 0 unspecified atom stereocenters. The summed E-state index contributed by atoms with van der Waals surface area (Å²) < 4.78 is 0. The summed E-state index contributed by atoms with van der Waals surface area (Å²) in [4.78, 5) is 16.3. The quantitative estimate of drug-likeness (QED) is 0.361. The summed E-state index contributed by atoms with van der Waals surface area (Å²) in [6, 6.07) is 9.86. The molecule has 0 amide bonds. The highest BCUT2D eigenvalue weighted by Gasteiger charge is 2.12. The van der Waals surface area contributed by atoms with Crippen LogP contribution in [0.4, 0.5) is 0 Å². The molecule has 1 N–H and O–H groups in total. The van der Waals surface area contributed by atoms with Crippen molar-refractivity contribution in [1.82, 2.24) is 4.98 Å². The summed E-state index contributed by atoms with van der Waals surface area (Å²) >= 11 is 0. The molecule has 0 bridgehead atoms. The topological polar surface area (TPSA) is 50.2 Å². The molecule has 0 fully saturated rings. The number of carboxylic acids is 1. The molecule has 158 valence electrons. The van der Waals surface area contributed by atoms with Crippen LogP contribution >= 0.6 is 0 Å². The highest BCUT2D eigenvalue weighted by Crippen LogP contribution is 2.24. The molecule has 1 aromatic heterocycles. The van der Waals surface area contributed by atoms with Crippen LogP contribution in [0.1, 0.15) is 93.6 Å². The zero-order valence-corrected chi connectivity index (χ0v) is 18.4. The first-order valence-corrected chi connectivity index (χ1v) is 11.4. The van der Waals surface area contributed by atoms with Crippen molar-refractivity contribution < 1.29 is 9.90 Å². The first-order valence-electron chi connectivity index (χ1n) is 11.4. The van der Waals surface area contributed by atoms with Crippen LogP contribution < -0.4 is 0 Å². The number of benzene rings is 1. The van der Waals surface area contributed by atoms with E-state index in [0.717, 1.165) is 48.4 Å². The normalized spacial score (nSPS) is 12.1. The van der Waals surface area contributed by atoms with Crippen LogP contribution in [0.2, 0.25) is 0 Å². The summed E-state index contributed by atoms with van der Waals surface area (Å²) in [5.41, 5.74) is 4.54. The molecular weight excluding hydrogens is 358 g/mol. The third-order valence-corrected chi connectivity index (χ3v) is 5.87. The average molecular weight is 396 g/mol. The van der Waals surface area contributed by atoms with Gasteiger partial charge < -0.3 is 5.11 Å². The van der Waals surface area contributed by atoms with Crippen molar-refractivity contribution in [3.63, 3.8) is 0 Å². The molecule has 3 nitrogen and oxygen atoms in total. The van der Waals surface area contributed by atoms with Crippen molar-refractivity contribution in [1.29, 1.82) is 0 Å². The Labute approximate surface area is 176 Å². The van der Waals surface area contributed by atoms with Gasteiger partial charge in [-0.05, 0) is 60.9 Å². The Kier molecular flexibility index (Phi) is 9.90. The van der Waals surface area contributed by atoms with Crippen LogP contribution in [0.15, 0.2) is 36.5 Å². The zero-order valence-electron chi connectivity index (χ0n) is 18.4. The SMILES string of the molecule is CCCCCc1ccc(-c2ccc(C(=O)O)c(CCCCC[C@@H](C)CC)c2)nc1. The molecule has 0 saturated heterocycles. The fourth-order valence-electron chi connectivity index (χ4n) is 3.68. The van der Waals surface area contributed by atoms with E-state index in [1.165, 1.54) is 44.1 Å². The summed E-state index contributed by atoms with van der Waals surface area (Å²) in [5.74, 6) is -0.0608. The largest absolute Gasteiger partial charge is 0.478 e. The van der Waals surface area contributed by atoms with Gasteiger partial charge in [0.1, 0.15) is 0 Å². The monoisotopic (exact) mass is 395 g/mol. The van der Waals surface area contributed by atoms with Crippen LogP contribution in [-0.2, 0) is 12.8 Å². The lowest BCUT2D eigenvalue weighted by molar-refractivity contribution is 0.0695. The maximum absolute atomic E-state index is 11.6. The smallest absolute Gasteiger partial charge is 0.335 e. The third-order valence-electron chi connectivity index (χ3n) is 5.87. The summed E-state index contributed by atoms with van der Waals surface area (Å²) in [7, 11) is 0.